The molecule has 1 saturated carbocycles. The van der Waals surface area contributed by atoms with E-state index in [0.717, 1.165) is 6.42 Å². The number of aromatic nitrogens is 2. The molecule has 116 valence electrons. The molecule has 1 saturated heterocycles. The number of nitrogens with zero attached hydrogens (tertiary/aromatic N) is 3. The van der Waals surface area contributed by atoms with Gasteiger partial charge in [-0.3, -0.25) is 4.72 Å². The van der Waals surface area contributed by atoms with Gasteiger partial charge < -0.3 is 9.84 Å². The molecule has 0 radical (unpaired) electrons. The molecular formula is C11H15BrN4O4S. The van der Waals surface area contributed by atoms with Gasteiger partial charge in [0.05, 0.1) is 6.61 Å². The maximum absolute atomic E-state index is 12.3. The number of piperidine rings is 1. The zero-order valence-electron chi connectivity index (χ0n) is 11.1. The van der Waals surface area contributed by atoms with Crippen LogP contribution < -0.4 is 9.46 Å². The number of aliphatic hydroxyl groups is 1. The molecule has 2 fully saturated rings. The molecule has 2 heterocycles. The zero-order valence-corrected chi connectivity index (χ0v) is 13.5. The number of halogens is 1. The summed E-state index contributed by atoms with van der Waals surface area (Å²) < 4.78 is 34.0. The summed E-state index contributed by atoms with van der Waals surface area (Å²) in [5, 5.41) is 8.74. The Hall–Kier alpha value is -0.970. The largest absolute Gasteiger partial charge is 0.474 e. The van der Waals surface area contributed by atoms with Crippen LogP contribution in [0.15, 0.2) is 10.8 Å². The van der Waals surface area contributed by atoms with Crippen LogP contribution in [0.3, 0.4) is 0 Å². The van der Waals surface area contributed by atoms with Crippen LogP contribution in [0.5, 0.6) is 5.88 Å². The van der Waals surface area contributed by atoms with Crippen molar-refractivity contribution in [1.29, 1.82) is 0 Å². The highest BCUT2D eigenvalue weighted by atomic mass is 79.9. The quantitative estimate of drug-likeness (QED) is 0.733. The minimum atomic E-state index is -3.62. The number of ether oxygens (including phenoxy) is 1. The second kappa shape index (κ2) is 5.67. The van der Waals surface area contributed by atoms with Crippen LogP contribution in [0.1, 0.15) is 6.42 Å². The molecule has 1 aliphatic heterocycles. The van der Waals surface area contributed by atoms with Crippen molar-refractivity contribution >= 4 is 32.0 Å². The Morgan fingerprint density at radius 1 is 1.43 bits per heavy atom. The zero-order chi connectivity index (χ0) is 15.0. The third kappa shape index (κ3) is 3.12. The van der Waals surface area contributed by atoms with Gasteiger partial charge in [-0.1, -0.05) is 0 Å². The van der Waals surface area contributed by atoms with Gasteiger partial charge >= 0.3 is 10.2 Å². The summed E-state index contributed by atoms with van der Waals surface area (Å²) in [7, 11) is -3.62. The van der Waals surface area contributed by atoms with Crippen LogP contribution in [-0.2, 0) is 10.2 Å². The first-order chi connectivity index (χ1) is 10.0. The number of aliphatic hydroxyl groups excluding tert-OH is 1. The van der Waals surface area contributed by atoms with Gasteiger partial charge in [0, 0.05) is 13.1 Å². The van der Waals surface area contributed by atoms with Crippen LogP contribution in [-0.4, -0.2) is 54.1 Å². The van der Waals surface area contributed by atoms with E-state index in [0.29, 0.717) is 29.4 Å². The molecule has 0 spiro atoms. The first kappa shape index (κ1) is 14.9. The Morgan fingerprint density at radius 3 is 2.81 bits per heavy atom. The van der Waals surface area contributed by atoms with Gasteiger partial charge in [-0.2, -0.15) is 12.7 Å². The van der Waals surface area contributed by atoms with Crippen LogP contribution in [0, 0.1) is 11.8 Å². The fraction of sp³-hybridized carbons (Fsp3) is 0.636. The third-order valence-corrected chi connectivity index (χ3v) is 5.74. The maximum Gasteiger partial charge on any atom is 0.302 e. The van der Waals surface area contributed by atoms with Gasteiger partial charge in [0.1, 0.15) is 17.4 Å². The maximum atomic E-state index is 12.3. The fourth-order valence-corrected chi connectivity index (χ4v) is 4.26. The van der Waals surface area contributed by atoms with Crippen molar-refractivity contribution in [1.82, 2.24) is 14.3 Å². The molecule has 2 aliphatic rings. The van der Waals surface area contributed by atoms with Gasteiger partial charge in [-0.25, -0.2) is 9.97 Å². The van der Waals surface area contributed by atoms with E-state index >= 15 is 0 Å². The molecule has 1 aromatic heterocycles. The number of anilines is 1. The van der Waals surface area contributed by atoms with Crippen molar-refractivity contribution in [2.75, 3.05) is 31.0 Å². The molecule has 21 heavy (non-hydrogen) atoms. The van der Waals surface area contributed by atoms with Crippen molar-refractivity contribution in [2.24, 2.45) is 11.8 Å². The first-order valence-electron chi connectivity index (χ1n) is 6.53. The molecule has 3 rings (SSSR count). The minimum absolute atomic E-state index is 0.0668. The molecule has 2 atom stereocenters. The third-order valence-electron chi connectivity index (χ3n) is 3.60. The Kier molecular flexibility index (Phi) is 4.04. The number of hydrogen-bond acceptors (Lipinski definition) is 6. The smallest absolute Gasteiger partial charge is 0.302 e. The predicted octanol–water partition coefficient (Wildman–Crippen LogP) is 0.219. The van der Waals surface area contributed by atoms with Crippen LogP contribution >= 0.6 is 15.9 Å². The lowest BCUT2D eigenvalue weighted by molar-refractivity contribution is 0.196. The lowest BCUT2D eigenvalue weighted by atomic mass is 10.4. The van der Waals surface area contributed by atoms with Gasteiger partial charge in [-0.15, -0.1) is 0 Å². The molecule has 2 N–H and O–H groups in total. The molecule has 8 nitrogen and oxygen atoms in total. The summed E-state index contributed by atoms with van der Waals surface area (Å²) in [6, 6.07) is 0. The molecule has 0 aromatic carbocycles. The standard InChI is InChI=1S/C11H15BrN4O4S/c12-9-10(13-6-14-11(9)20-2-1-17)15-21(18,19)16-4-7-3-8(7)5-16/h6-8,17H,1-5H2,(H,13,14,15)/t7-,8?/m0/s1. The van der Waals surface area contributed by atoms with E-state index in [2.05, 4.69) is 30.6 Å². The number of rotatable bonds is 6. The summed E-state index contributed by atoms with van der Waals surface area (Å²) in [6.07, 6.45) is 2.33. The molecule has 0 bridgehead atoms. The van der Waals surface area contributed by atoms with Crippen LogP contribution in [0.2, 0.25) is 0 Å². The second-order valence-corrected chi connectivity index (χ2v) is 7.56. The Balaban J connectivity index is 1.74. The van der Waals surface area contributed by atoms with E-state index in [1.54, 1.807) is 0 Å². The highest BCUT2D eigenvalue weighted by Gasteiger charge is 2.48. The SMILES string of the molecule is O=S(=O)(Nc1ncnc(OCCO)c1Br)N1CC2C[C@H]2C1. The van der Waals surface area contributed by atoms with E-state index in [1.165, 1.54) is 10.6 Å². The molecule has 1 aromatic rings. The molecule has 0 amide bonds. The lowest BCUT2D eigenvalue weighted by Crippen LogP contribution is -2.35. The Bertz CT molecular complexity index is 631. The summed E-state index contributed by atoms with van der Waals surface area (Å²) in [5.74, 6) is 1.33. The summed E-state index contributed by atoms with van der Waals surface area (Å²) in [5.41, 5.74) is 0. The average molecular weight is 379 g/mol. The van der Waals surface area contributed by atoms with Crippen molar-refractivity contribution in [3.8, 4) is 5.88 Å². The highest BCUT2D eigenvalue weighted by molar-refractivity contribution is 9.10. The van der Waals surface area contributed by atoms with E-state index in [4.69, 9.17) is 9.84 Å². The lowest BCUT2D eigenvalue weighted by Gasteiger charge is -2.19. The molecule has 1 unspecified atom stereocenters. The predicted molar refractivity (Wildman–Crippen MR) is 78.0 cm³/mol. The van der Waals surface area contributed by atoms with Gasteiger partial charge in [-0.05, 0) is 34.2 Å². The first-order valence-corrected chi connectivity index (χ1v) is 8.76. The van der Waals surface area contributed by atoms with Crippen molar-refractivity contribution in [3.63, 3.8) is 0 Å². The Morgan fingerprint density at radius 2 is 2.14 bits per heavy atom. The van der Waals surface area contributed by atoms with E-state index < -0.39 is 10.2 Å². The monoisotopic (exact) mass is 378 g/mol. The average Bonchev–Trinajstić information content (AvgIpc) is 3.06. The number of hydrogen-bond donors (Lipinski definition) is 2. The van der Waals surface area contributed by atoms with Crippen molar-refractivity contribution < 1.29 is 18.3 Å². The number of fused-ring (bicyclic) bond motifs is 1. The summed E-state index contributed by atoms with van der Waals surface area (Å²) in [4.78, 5) is 7.80. The Labute approximate surface area is 130 Å². The van der Waals surface area contributed by atoms with E-state index in [1.807, 2.05) is 0 Å². The number of nitrogens with one attached hydrogen (secondary N) is 1. The van der Waals surface area contributed by atoms with Gasteiger partial charge in [0.25, 0.3) is 0 Å². The molecule has 1 aliphatic carbocycles. The molecule has 10 heteroatoms. The van der Waals surface area contributed by atoms with Crippen molar-refractivity contribution in [2.45, 2.75) is 6.42 Å². The minimum Gasteiger partial charge on any atom is -0.474 e. The summed E-state index contributed by atoms with van der Waals surface area (Å²) in [6.45, 7) is 1.04. The van der Waals surface area contributed by atoms with Crippen molar-refractivity contribution in [3.05, 3.63) is 10.8 Å². The normalized spacial score (nSPS) is 24.7. The second-order valence-electron chi connectivity index (χ2n) is 5.09. The fourth-order valence-electron chi connectivity index (χ4n) is 2.41. The summed E-state index contributed by atoms with van der Waals surface area (Å²) >= 11 is 3.22. The van der Waals surface area contributed by atoms with Crippen LogP contribution in [0.4, 0.5) is 5.82 Å². The van der Waals surface area contributed by atoms with E-state index in [-0.39, 0.29) is 24.9 Å². The highest BCUT2D eigenvalue weighted by Crippen LogP contribution is 2.45. The van der Waals surface area contributed by atoms with E-state index in [9.17, 15) is 8.42 Å². The molecular weight excluding hydrogens is 364 g/mol. The van der Waals surface area contributed by atoms with Gasteiger partial charge in [0.15, 0.2) is 5.82 Å². The van der Waals surface area contributed by atoms with Crippen LogP contribution in [0.25, 0.3) is 0 Å². The van der Waals surface area contributed by atoms with Gasteiger partial charge in [0.2, 0.25) is 5.88 Å². The topological polar surface area (TPSA) is 105 Å².